The minimum Gasteiger partial charge on any atom is -0.463 e. The van der Waals surface area contributed by atoms with Gasteiger partial charge in [0, 0.05) is 12.8 Å². The summed E-state index contributed by atoms with van der Waals surface area (Å²) in [6.45, 7) is 11.2. The second-order valence-electron chi connectivity index (χ2n) is 10.8. The van der Waals surface area contributed by atoms with E-state index in [9.17, 15) is 19.2 Å². The van der Waals surface area contributed by atoms with Gasteiger partial charge in [0.2, 0.25) is 0 Å². The zero-order valence-corrected chi connectivity index (χ0v) is 28.9. The third-order valence-corrected chi connectivity index (χ3v) is 6.65. The van der Waals surface area contributed by atoms with Gasteiger partial charge in [-0.1, -0.05) is 91.2 Å². The summed E-state index contributed by atoms with van der Waals surface area (Å²) in [6, 6.07) is 6.59. The van der Waals surface area contributed by atoms with E-state index in [-0.39, 0.29) is 36.3 Å². The molecule has 0 radical (unpaired) electrons. The van der Waals surface area contributed by atoms with Crippen LogP contribution in [0.5, 0.6) is 0 Å². The molecule has 1 aromatic rings. The molecule has 0 atom stereocenters. The van der Waals surface area contributed by atoms with Gasteiger partial charge < -0.3 is 28.4 Å². The minimum absolute atomic E-state index is 0.155. The van der Waals surface area contributed by atoms with Crippen molar-refractivity contribution in [3.63, 3.8) is 0 Å². The monoisotopic (exact) mass is 652 g/mol. The van der Waals surface area contributed by atoms with E-state index < -0.39 is 11.9 Å². The molecule has 0 saturated heterocycles. The van der Waals surface area contributed by atoms with E-state index in [1.54, 1.807) is 24.3 Å². The second kappa shape index (κ2) is 32.0. The molecule has 0 amide bonds. The van der Waals surface area contributed by atoms with Gasteiger partial charge in [0.25, 0.3) is 0 Å². The van der Waals surface area contributed by atoms with Crippen LogP contribution in [0.25, 0.3) is 0 Å². The maximum absolute atomic E-state index is 11.9. The van der Waals surface area contributed by atoms with E-state index in [2.05, 4.69) is 13.8 Å². The summed E-state index contributed by atoms with van der Waals surface area (Å²) in [7, 11) is 0. The van der Waals surface area contributed by atoms with Gasteiger partial charge >= 0.3 is 23.9 Å². The second-order valence-corrected chi connectivity index (χ2v) is 10.8. The number of hydrogen-bond donors (Lipinski definition) is 0. The Balaban J connectivity index is 0.000000909. The predicted molar refractivity (Wildman–Crippen MR) is 178 cm³/mol. The Labute approximate surface area is 277 Å². The quantitative estimate of drug-likeness (QED) is 0.0532. The van der Waals surface area contributed by atoms with Crippen molar-refractivity contribution < 1.29 is 47.6 Å². The largest absolute Gasteiger partial charge is 0.463 e. The van der Waals surface area contributed by atoms with Crippen LogP contribution < -0.4 is 0 Å². The lowest BCUT2D eigenvalue weighted by molar-refractivity contribution is -0.147. The molecule has 0 heterocycles. The van der Waals surface area contributed by atoms with E-state index in [1.807, 2.05) is 13.8 Å². The van der Waals surface area contributed by atoms with Gasteiger partial charge in [0.1, 0.15) is 13.2 Å². The predicted octanol–water partition coefficient (Wildman–Crippen LogP) is 7.65. The molecule has 0 aliphatic heterocycles. The summed E-state index contributed by atoms with van der Waals surface area (Å²) >= 11 is 0. The molecular weight excluding hydrogens is 592 g/mol. The molecule has 0 spiro atoms. The van der Waals surface area contributed by atoms with Gasteiger partial charge in [-0.2, -0.15) is 0 Å². The van der Waals surface area contributed by atoms with Crippen LogP contribution in [0.1, 0.15) is 138 Å². The molecule has 0 aliphatic rings. The Kier molecular flexibility index (Phi) is 29.9. The zero-order chi connectivity index (χ0) is 34.1. The van der Waals surface area contributed by atoms with Crippen LogP contribution in [0.15, 0.2) is 24.3 Å². The van der Waals surface area contributed by atoms with E-state index in [0.29, 0.717) is 52.5 Å². The van der Waals surface area contributed by atoms with E-state index >= 15 is 0 Å². The standard InChI is InChI=1S/C20H38O6.C16H22O4/c1-3-5-7-9-11-19(21)25-17-15-23-13-14-24-16-18-26-20(22)12-10-8-6-4-2;1-3-5-11-19-15(17)13-9-7-8-10-14(13)16(18)20-12-6-4-2/h3-18H2,1-2H3;7-10H,3-6,11-12H2,1-2H3. The normalized spacial score (nSPS) is 10.4. The molecule has 1 aromatic carbocycles. The smallest absolute Gasteiger partial charge is 0.339 e. The Bertz CT molecular complexity index is 845. The molecule has 46 heavy (non-hydrogen) atoms. The molecule has 0 aliphatic carbocycles. The number of carbonyl (C=O) groups excluding carboxylic acids is 4. The van der Waals surface area contributed by atoms with Crippen LogP contribution in [0, 0.1) is 0 Å². The Morgan fingerprint density at radius 3 is 1.17 bits per heavy atom. The lowest BCUT2D eigenvalue weighted by Gasteiger charge is -2.09. The van der Waals surface area contributed by atoms with E-state index in [0.717, 1.165) is 77.0 Å². The number of hydrogen-bond acceptors (Lipinski definition) is 10. The first-order valence-electron chi connectivity index (χ1n) is 17.3. The molecule has 0 bridgehead atoms. The summed E-state index contributed by atoms with van der Waals surface area (Å²) in [4.78, 5) is 46.7. The van der Waals surface area contributed by atoms with Crippen LogP contribution in [-0.4, -0.2) is 76.7 Å². The highest BCUT2D eigenvalue weighted by Crippen LogP contribution is 2.13. The van der Waals surface area contributed by atoms with E-state index in [4.69, 9.17) is 28.4 Å². The molecular formula is C36H60O10. The summed E-state index contributed by atoms with van der Waals surface area (Å²) in [5.74, 6) is -1.25. The highest BCUT2D eigenvalue weighted by Gasteiger charge is 2.18. The SMILES string of the molecule is CCCCCCC(=O)OCCOCCOCCOC(=O)CCCCCC.CCCCOC(=O)c1ccccc1C(=O)OCCCC. The van der Waals surface area contributed by atoms with Crippen molar-refractivity contribution >= 4 is 23.9 Å². The van der Waals surface area contributed by atoms with Crippen LogP contribution in [0.2, 0.25) is 0 Å². The summed E-state index contributed by atoms with van der Waals surface area (Å²) < 4.78 is 31.1. The number of ether oxygens (including phenoxy) is 6. The van der Waals surface area contributed by atoms with Crippen LogP contribution in [0.4, 0.5) is 0 Å². The van der Waals surface area contributed by atoms with Gasteiger partial charge in [-0.25, -0.2) is 9.59 Å². The first kappa shape index (κ1) is 43.0. The molecule has 0 saturated carbocycles. The zero-order valence-electron chi connectivity index (χ0n) is 28.9. The fraction of sp³-hybridized carbons (Fsp3) is 0.722. The molecule has 10 nitrogen and oxygen atoms in total. The first-order chi connectivity index (χ1) is 22.4. The lowest BCUT2D eigenvalue weighted by atomic mass is 10.1. The van der Waals surface area contributed by atoms with Crippen LogP contribution in [-0.2, 0) is 38.0 Å². The van der Waals surface area contributed by atoms with Crippen molar-refractivity contribution in [1.29, 1.82) is 0 Å². The summed E-state index contributed by atoms with van der Waals surface area (Å²) in [5, 5.41) is 0. The molecule has 0 aromatic heterocycles. The topological polar surface area (TPSA) is 124 Å². The Morgan fingerprint density at radius 2 is 0.804 bits per heavy atom. The van der Waals surface area contributed by atoms with Crippen molar-refractivity contribution in [2.24, 2.45) is 0 Å². The third kappa shape index (κ3) is 25.2. The van der Waals surface area contributed by atoms with Crippen molar-refractivity contribution in [1.82, 2.24) is 0 Å². The molecule has 0 fully saturated rings. The molecule has 1 rings (SSSR count). The highest BCUT2D eigenvalue weighted by atomic mass is 16.6. The molecule has 264 valence electrons. The van der Waals surface area contributed by atoms with E-state index in [1.165, 1.54) is 0 Å². The number of benzene rings is 1. The first-order valence-corrected chi connectivity index (χ1v) is 17.3. The van der Waals surface area contributed by atoms with Crippen LogP contribution in [0.3, 0.4) is 0 Å². The number of esters is 4. The fourth-order valence-electron chi connectivity index (χ4n) is 3.90. The van der Waals surface area contributed by atoms with Crippen LogP contribution >= 0.6 is 0 Å². The van der Waals surface area contributed by atoms with Crippen molar-refractivity contribution in [3.05, 3.63) is 35.4 Å². The molecule has 10 heteroatoms. The van der Waals surface area contributed by atoms with Crippen molar-refractivity contribution in [2.45, 2.75) is 118 Å². The maximum Gasteiger partial charge on any atom is 0.339 e. The van der Waals surface area contributed by atoms with Gasteiger partial charge in [0.05, 0.1) is 50.8 Å². The Morgan fingerprint density at radius 1 is 0.435 bits per heavy atom. The van der Waals surface area contributed by atoms with Crippen molar-refractivity contribution in [2.75, 3.05) is 52.9 Å². The summed E-state index contributed by atoms with van der Waals surface area (Å²) in [6.07, 6.45) is 13.1. The fourth-order valence-corrected chi connectivity index (χ4v) is 3.90. The number of rotatable bonds is 27. The van der Waals surface area contributed by atoms with Gasteiger partial charge in [-0.3, -0.25) is 9.59 Å². The molecule has 0 N–H and O–H groups in total. The minimum atomic E-state index is -0.471. The average Bonchev–Trinajstić information content (AvgIpc) is 3.06. The average molecular weight is 653 g/mol. The Hall–Kier alpha value is -2.98. The highest BCUT2D eigenvalue weighted by molar-refractivity contribution is 6.03. The van der Waals surface area contributed by atoms with Gasteiger partial charge in [-0.15, -0.1) is 0 Å². The molecule has 0 unspecified atom stereocenters. The van der Waals surface area contributed by atoms with Gasteiger partial charge in [0.15, 0.2) is 0 Å². The third-order valence-electron chi connectivity index (χ3n) is 6.65. The number of unbranched alkanes of at least 4 members (excludes halogenated alkanes) is 8. The summed E-state index contributed by atoms with van der Waals surface area (Å²) in [5.41, 5.74) is 0.537. The van der Waals surface area contributed by atoms with Gasteiger partial charge in [-0.05, 0) is 37.8 Å². The maximum atomic E-state index is 11.9. The number of carbonyl (C=O) groups is 4. The van der Waals surface area contributed by atoms with Crippen molar-refractivity contribution in [3.8, 4) is 0 Å². The lowest BCUT2D eigenvalue weighted by Crippen LogP contribution is -2.15.